The van der Waals surface area contributed by atoms with Gasteiger partial charge in [0.15, 0.2) is 0 Å². The van der Waals surface area contributed by atoms with E-state index in [1.807, 2.05) is 48.5 Å². The van der Waals surface area contributed by atoms with Crippen molar-refractivity contribution in [3.8, 4) is 5.75 Å². The van der Waals surface area contributed by atoms with Gasteiger partial charge in [0.05, 0.1) is 0 Å². The molecule has 0 spiro atoms. The molecule has 0 aliphatic heterocycles. The second kappa shape index (κ2) is 8.25. The summed E-state index contributed by atoms with van der Waals surface area (Å²) in [7, 11) is -2.44. The monoisotopic (exact) mass is 318 g/mol. The zero-order valence-electron chi connectivity index (χ0n) is 12.6. The minimum atomic E-state index is -2.44. The van der Waals surface area contributed by atoms with Crippen LogP contribution in [0.1, 0.15) is 32.6 Å². The lowest BCUT2D eigenvalue weighted by Gasteiger charge is -2.26. The van der Waals surface area contributed by atoms with Gasteiger partial charge in [0.25, 0.3) is 0 Å². The van der Waals surface area contributed by atoms with Crippen LogP contribution in [-0.4, -0.2) is 7.63 Å². The van der Waals surface area contributed by atoms with Crippen molar-refractivity contribution in [3.63, 3.8) is 0 Å². The first kappa shape index (κ1) is 16.1. The van der Waals surface area contributed by atoms with Crippen LogP contribution in [0, 0.1) is 0 Å². The highest BCUT2D eigenvalue weighted by Gasteiger charge is 2.36. The lowest BCUT2D eigenvalue weighted by atomic mass is 10.2. The predicted octanol–water partition coefficient (Wildman–Crippen LogP) is 5.23. The number of hydrogen-bond donors (Lipinski definition) is 0. The van der Waals surface area contributed by atoms with Gasteiger partial charge in [-0.05, 0) is 23.4 Å². The molecule has 2 aromatic carbocycles. The van der Waals surface area contributed by atoms with Crippen LogP contribution in [0.2, 0.25) is 6.04 Å². The van der Waals surface area contributed by atoms with Gasteiger partial charge >= 0.3 is 7.63 Å². The molecule has 1 nitrogen and oxygen atoms in total. The van der Waals surface area contributed by atoms with E-state index in [4.69, 9.17) is 15.5 Å². The molecule has 0 aromatic heterocycles. The summed E-state index contributed by atoms with van der Waals surface area (Å²) in [6.07, 6.45) is 4.86. The summed E-state index contributed by atoms with van der Waals surface area (Å²) in [4.78, 5) is 0. The van der Waals surface area contributed by atoms with Crippen LogP contribution in [0.5, 0.6) is 5.75 Å². The molecule has 0 saturated carbocycles. The van der Waals surface area contributed by atoms with Crippen LogP contribution in [0.4, 0.5) is 0 Å². The highest BCUT2D eigenvalue weighted by molar-refractivity contribution is 7.24. The molecule has 0 radical (unpaired) electrons. The quantitative estimate of drug-likeness (QED) is 0.368. The Hall–Kier alpha value is -1.25. The van der Waals surface area contributed by atoms with Crippen LogP contribution in [0.15, 0.2) is 60.7 Å². The summed E-state index contributed by atoms with van der Waals surface area (Å²) in [6, 6.07) is 21.2. The maximum Gasteiger partial charge on any atom is 0.380 e. The maximum atomic E-state index is 6.99. The van der Waals surface area contributed by atoms with E-state index in [2.05, 4.69) is 19.1 Å². The smallest absolute Gasteiger partial charge is 0.380 e. The van der Waals surface area contributed by atoms with E-state index < -0.39 is 7.63 Å². The van der Waals surface area contributed by atoms with Gasteiger partial charge in [-0.25, -0.2) is 0 Å². The number of halogens is 1. The molecule has 0 fully saturated rings. The normalized spacial score (nSPS) is 13.6. The standard InChI is InChI=1S/C18H23ClOSi/c1-2-3-4-11-16-21(19,18-14-9-6-10-15-18)20-17-12-7-5-8-13-17/h5-10,12-15H,2-4,11,16H2,1H3. The van der Waals surface area contributed by atoms with Crippen LogP contribution in [-0.2, 0) is 0 Å². The van der Waals surface area contributed by atoms with Gasteiger partial charge in [-0.15, -0.1) is 11.1 Å². The summed E-state index contributed by atoms with van der Waals surface area (Å²) in [5.41, 5.74) is 0. The molecular formula is C18H23ClOSi. The summed E-state index contributed by atoms with van der Waals surface area (Å²) < 4.78 is 6.27. The first-order chi connectivity index (χ1) is 10.2. The van der Waals surface area contributed by atoms with E-state index in [1.165, 1.54) is 19.3 Å². The number of hydrogen-bond acceptors (Lipinski definition) is 1. The van der Waals surface area contributed by atoms with Gasteiger partial charge < -0.3 is 4.43 Å². The Balaban J connectivity index is 2.13. The number of benzene rings is 2. The molecular weight excluding hydrogens is 296 g/mol. The van der Waals surface area contributed by atoms with Crippen molar-refractivity contribution < 1.29 is 4.43 Å². The number of rotatable bonds is 8. The van der Waals surface area contributed by atoms with Crippen LogP contribution >= 0.6 is 11.1 Å². The third-order valence-corrected chi connectivity index (χ3v) is 7.78. The molecule has 0 bridgehead atoms. The van der Waals surface area contributed by atoms with Gasteiger partial charge in [-0.3, -0.25) is 0 Å². The summed E-state index contributed by atoms with van der Waals surface area (Å²) >= 11 is 6.99. The molecule has 0 aliphatic carbocycles. The molecule has 1 unspecified atom stereocenters. The second-order valence-corrected chi connectivity index (χ2v) is 9.89. The minimum absolute atomic E-state index is 0.874. The Morgan fingerprint density at radius 3 is 2.10 bits per heavy atom. The van der Waals surface area contributed by atoms with Gasteiger partial charge in [-0.2, -0.15) is 0 Å². The molecule has 2 aromatic rings. The summed E-state index contributed by atoms with van der Waals surface area (Å²) in [6.45, 7) is 2.23. The Bertz CT molecular complexity index is 517. The first-order valence-corrected chi connectivity index (χ1v) is 10.9. The Labute approximate surface area is 133 Å². The van der Waals surface area contributed by atoms with Crippen LogP contribution < -0.4 is 9.61 Å². The molecule has 1 atom stereocenters. The SMILES string of the molecule is CCCCCC[Si](Cl)(Oc1ccccc1)c1ccccc1. The highest BCUT2D eigenvalue weighted by Crippen LogP contribution is 2.24. The average molecular weight is 319 g/mol. The van der Waals surface area contributed by atoms with Gasteiger partial charge in [-0.1, -0.05) is 81.1 Å². The van der Waals surface area contributed by atoms with Gasteiger partial charge in [0, 0.05) is 0 Å². The molecule has 0 amide bonds. The zero-order valence-corrected chi connectivity index (χ0v) is 14.4. The van der Waals surface area contributed by atoms with Crippen LogP contribution in [0.3, 0.4) is 0 Å². The maximum absolute atomic E-state index is 6.99. The van der Waals surface area contributed by atoms with Gasteiger partial charge in [0.1, 0.15) is 5.75 Å². The van der Waals surface area contributed by atoms with Crippen molar-refractivity contribution in [1.29, 1.82) is 0 Å². The molecule has 0 saturated heterocycles. The molecule has 0 N–H and O–H groups in total. The van der Waals surface area contributed by atoms with E-state index in [0.29, 0.717) is 0 Å². The molecule has 2 rings (SSSR count). The van der Waals surface area contributed by atoms with Crippen molar-refractivity contribution in [3.05, 3.63) is 60.7 Å². The van der Waals surface area contributed by atoms with Crippen molar-refractivity contribution in [2.45, 2.75) is 38.7 Å². The molecule has 0 aliphatic rings. The highest BCUT2D eigenvalue weighted by atomic mass is 35.6. The third kappa shape index (κ3) is 4.90. The third-order valence-electron chi connectivity index (χ3n) is 3.58. The van der Waals surface area contributed by atoms with Crippen molar-refractivity contribution in [2.75, 3.05) is 0 Å². The fourth-order valence-corrected chi connectivity index (χ4v) is 5.86. The lowest BCUT2D eigenvalue weighted by Crippen LogP contribution is -2.48. The molecule has 0 heterocycles. The molecule has 112 valence electrons. The first-order valence-electron chi connectivity index (χ1n) is 7.73. The van der Waals surface area contributed by atoms with E-state index in [-0.39, 0.29) is 0 Å². The Kier molecular flexibility index (Phi) is 6.34. The van der Waals surface area contributed by atoms with Gasteiger partial charge in [0.2, 0.25) is 0 Å². The minimum Gasteiger partial charge on any atom is -0.526 e. The number of unbranched alkanes of at least 4 members (excludes halogenated alkanes) is 3. The van der Waals surface area contributed by atoms with E-state index >= 15 is 0 Å². The van der Waals surface area contributed by atoms with Crippen molar-refractivity contribution in [1.82, 2.24) is 0 Å². The van der Waals surface area contributed by atoms with E-state index in [1.54, 1.807) is 0 Å². The van der Waals surface area contributed by atoms with E-state index in [0.717, 1.165) is 23.4 Å². The topological polar surface area (TPSA) is 9.23 Å². The predicted molar refractivity (Wildman–Crippen MR) is 93.7 cm³/mol. The average Bonchev–Trinajstić information content (AvgIpc) is 2.53. The zero-order chi connectivity index (χ0) is 15.0. The van der Waals surface area contributed by atoms with Crippen molar-refractivity contribution in [2.24, 2.45) is 0 Å². The Morgan fingerprint density at radius 2 is 1.48 bits per heavy atom. The number of para-hydroxylation sites is 1. The largest absolute Gasteiger partial charge is 0.526 e. The van der Waals surface area contributed by atoms with Crippen molar-refractivity contribution >= 4 is 23.9 Å². The summed E-state index contributed by atoms with van der Waals surface area (Å²) in [5.74, 6) is 0.874. The lowest BCUT2D eigenvalue weighted by molar-refractivity contribution is 0.560. The fraction of sp³-hybridized carbons (Fsp3) is 0.333. The second-order valence-electron chi connectivity index (χ2n) is 5.32. The molecule has 21 heavy (non-hydrogen) atoms. The summed E-state index contributed by atoms with van der Waals surface area (Å²) in [5, 5.41) is 1.16. The Morgan fingerprint density at radius 1 is 0.857 bits per heavy atom. The molecule has 3 heteroatoms. The van der Waals surface area contributed by atoms with E-state index in [9.17, 15) is 0 Å². The van der Waals surface area contributed by atoms with Crippen LogP contribution in [0.25, 0.3) is 0 Å². The fourth-order valence-electron chi connectivity index (χ4n) is 2.40.